The number of pyridine rings is 2. The molecule has 4 rings (SSSR count). The van der Waals surface area contributed by atoms with E-state index in [1.807, 2.05) is 19.2 Å². The van der Waals surface area contributed by atoms with Gasteiger partial charge in [-0.15, -0.1) is 5.10 Å². The summed E-state index contributed by atoms with van der Waals surface area (Å²) in [5.41, 5.74) is 2.57. The first-order valence-electron chi connectivity index (χ1n) is 8.83. The van der Waals surface area contributed by atoms with Gasteiger partial charge in [-0.05, 0) is 36.9 Å². The Labute approximate surface area is 172 Å². The van der Waals surface area contributed by atoms with E-state index in [2.05, 4.69) is 25.0 Å². The molecule has 9 nitrogen and oxygen atoms in total. The van der Waals surface area contributed by atoms with Gasteiger partial charge in [0, 0.05) is 13.2 Å². The molecular weight excluding hydrogens is 410 g/mol. The molecule has 0 aliphatic carbocycles. The fourth-order valence-electron chi connectivity index (χ4n) is 2.97. The number of nitrogens with zero attached hydrogens (tertiary/aromatic N) is 7. The summed E-state index contributed by atoms with van der Waals surface area (Å²) in [6.45, 7) is 3.54. The van der Waals surface area contributed by atoms with Gasteiger partial charge in [0.05, 0.1) is 10.6 Å². The van der Waals surface area contributed by atoms with Gasteiger partial charge in [0.1, 0.15) is 17.5 Å². The number of fused-ring (bicyclic) bond motifs is 1. The van der Waals surface area contributed by atoms with Crippen molar-refractivity contribution in [2.24, 2.45) is 7.05 Å². The van der Waals surface area contributed by atoms with Gasteiger partial charge in [-0.2, -0.15) is 0 Å². The Bertz CT molecular complexity index is 1330. The van der Waals surface area contributed by atoms with Crippen molar-refractivity contribution >= 4 is 32.8 Å². The fourth-order valence-corrected chi connectivity index (χ4v) is 4.31. The molecule has 0 unspecified atom stereocenters. The summed E-state index contributed by atoms with van der Waals surface area (Å²) in [7, 11) is -1.73. The predicted octanol–water partition coefficient (Wildman–Crippen LogP) is 2.43. The molecule has 11 heteroatoms. The van der Waals surface area contributed by atoms with Gasteiger partial charge >= 0.3 is 0 Å². The van der Waals surface area contributed by atoms with E-state index in [0.29, 0.717) is 28.0 Å². The molecule has 0 bridgehead atoms. The minimum absolute atomic E-state index is 0.0394. The molecule has 0 radical (unpaired) electrons. The van der Waals surface area contributed by atoms with Crippen molar-refractivity contribution in [3.63, 3.8) is 0 Å². The Morgan fingerprint density at radius 1 is 1.17 bits per heavy atom. The average Bonchev–Trinajstić information content (AvgIpc) is 3.32. The van der Waals surface area contributed by atoms with Crippen molar-refractivity contribution in [2.75, 3.05) is 12.0 Å². The van der Waals surface area contributed by atoms with E-state index in [4.69, 9.17) is 0 Å². The number of sulfone groups is 1. The largest absolute Gasteiger partial charge is 0.310 e. The maximum absolute atomic E-state index is 12.7. The first-order chi connectivity index (χ1) is 13.8. The molecule has 0 N–H and O–H groups in total. The Morgan fingerprint density at radius 2 is 1.97 bits per heavy atom. The molecule has 0 saturated heterocycles. The zero-order valence-corrected chi connectivity index (χ0v) is 18.0. The summed E-state index contributed by atoms with van der Waals surface area (Å²) in [5.74, 6) is 0.846. The number of aryl methyl sites for hydroxylation is 2. The van der Waals surface area contributed by atoms with Gasteiger partial charge in [-0.1, -0.05) is 18.7 Å². The Balaban J connectivity index is 1.99. The van der Waals surface area contributed by atoms with Crippen LogP contribution in [-0.4, -0.2) is 54.7 Å². The molecular formula is C18H19N7O2S2. The normalized spacial score (nSPS) is 12.0. The van der Waals surface area contributed by atoms with Crippen LogP contribution in [0.15, 0.2) is 40.8 Å². The third-order valence-electron chi connectivity index (χ3n) is 4.50. The molecule has 4 aromatic heterocycles. The fraction of sp³-hybridized carbons (Fsp3) is 0.278. The van der Waals surface area contributed by atoms with Crippen LogP contribution < -0.4 is 0 Å². The summed E-state index contributed by atoms with van der Waals surface area (Å²) in [6, 6.07) is 5.08. The molecule has 0 fully saturated rings. The lowest BCUT2D eigenvalue weighted by Gasteiger charge is -2.10. The third-order valence-corrected chi connectivity index (χ3v) is 6.82. The molecule has 0 amide bonds. The summed E-state index contributed by atoms with van der Waals surface area (Å²) in [6.07, 6.45) is 5.18. The van der Waals surface area contributed by atoms with Crippen LogP contribution >= 0.6 is 11.8 Å². The van der Waals surface area contributed by atoms with Crippen LogP contribution in [0, 0.1) is 6.92 Å². The van der Waals surface area contributed by atoms with Crippen molar-refractivity contribution in [1.29, 1.82) is 0 Å². The Hall–Kier alpha value is -2.79. The second kappa shape index (κ2) is 7.23. The second-order valence-corrected chi connectivity index (χ2v) is 9.47. The van der Waals surface area contributed by atoms with Crippen LogP contribution in [0.3, 0.4) is 0 Å². The number of hydrogen-bond acceptors (Lipinski definition) is 8. The van der Waals surface area contributed by atoms with Crippen LogP contribution in [0.2, 0.25) is 0 Å². The van der Waals surface area contributed by atoms with Gasteiger partial charge in [0.25, 0.3) is 0 Å². The number of thioether (sulfide) groups is 1. The highest BCUT2D eigenvalue weighted by molar-refractivity contribution is 7.98. The summed E-state index contributed by atoms with van der Waals surface area (Å²) in [4.78, 5) is 18.0. The molecule has 0 atom stereocenters. The van der Waals surface area contributed by atoms with Crippen LogP contribution in [0.4, 0.5) is 0 Å². The van der Waals surface area contributed by atoms with E-state index in [9.17, 15) is 8.42 Å². The lowest BCUT2D eigenvalue weighted by Crippen LogP contribution is -2.11. The van der Waals surface area contributed by atoms with E-state index in [1.54, 1.807) is 43.2 Å². The second-order valence-electron chi connectivity index (χ2n) is 6.45. The monoisotopic (exact) mass is 429 g/mol. The van der Waals surface area contributed by atoms with E-state index >= 15 is 0 Å². The van der Waals surface area contributed by atoms with Crippen molar-refractivity contribution in [2.45, 2.75) is 23.9 Å². The molecule has 0 aromatic carbocycles. The first kappa shape index (κ1) is 19.5. The SMILES string of the molecule is CCS(=O)(=O)c1ccc(-n2cnc(SC)n2)nc1-c1nc2cc(C)cnc2n1C. The molecule has 0 spiro atoms. The zero-order chi connectivity index (χ0) is 20.8. The van der Waals surface area contributed by atoms with E-state index in [0.717, 1.165) is 5.56 Å². The van der Waals surface area contributed by atoms with E-state index in [-0.39, 0.29) is 16.3 Å². The molecule has 29 heavy (non-hydrogen) atoms. The highest BCUT2D eigenvalue weighted by Gasteiger charge is 2.24. The highest BCUT2D eigenvalue weighted by Crippen LogP contribution is 2.29. The molecule has 150 valence electrons. The van der Waals surface area contributed by atoms with Gasteiger partial charge in [-0.3, -0.25) is 0 Å². The first-order valence-corrected chi connectivity index (χ1v) is 11.7. The number of hydrogen-bond donors (Lipinski definition) is 0. The average molecular weight is 430 g/mol. The molecule has 0 aliphatic rings. The number of imidazole rings is 1. The minimum Gasteiger partial charge on any atom is -0.310 e. The topological polar surface area (TPSA) is 108 Å². The van der Waals surface area contributed by atoms with Crippen LogP contribution in [-0.2, 0) is 16.9 Å². The third kappa shape index (κ3) is 3.40. The molecule has 4 aromatic rings. The maximum atomic E-state index is 12.7. The van der Waals surface area contributed by atoms with Crippen LogP contribution in [0.25, 0.3) is 28.5 Å². The van der Waals surface area contributed by atoms with Crippen molar-refractivity contribution in [3.8, 4) is 17.3 Å². The summed E-state index contributed by atoms with van der Waals surface area (Å²) < 4.78 is 28.8. The quantitative estimate of drug-likeness (QED) is 0.445. The Kier molecular flexibility index (Phi) is 4.87. The zero-order valence-electron chi connectivity index (χ0n) is 16.4. The molecule has 0 saturated carbocycles. The lowest BCUT2D eigenvalue weighted by atomic mass is 10.3. The minimum atomic E-state index is -3.52. The van der Waals surface area contributed by atoms with Crippen molar-refractivity contribution in [3.05, 3.63) is 36.3 Å². The highest BCUT2D eigenvalue weighted by atomic mass is 32.2. The number of aromatic nitrogens is 7. The van der Waals surface area contributed by atoms with Crippen molar-refractivity contribution in [1.82, 2.24) is 34.3 Å². The van der Waals surface area contributed by atoms with Gasteiger partial charge in [0.2, 0.25) is 5.16 Å². The molecule has 0 aliphatic heterocycles. The van der Waals surface area contributed by atoms with Crippen LogP contribution in [0.5, 0.6) is 0 Å². The predicted molar refractivity (Wildman–Crippen MR) is 111 cm³/mol. The molecule has 4 heterocycles. The van der Waals surface area contributed by atoms with E-state index in [1.165, 1.54) is 16.4 Å². The van der Waals surface area contributed by atoms with Crippen LogP contribution in [0.1, 0.15) is 12.5 Å². The standard InChI is InChI=1S/C18H19N7O2S2/c1-5-29(26,27)13-6-7-14(25-10-20-18(23-25)28-4)22-15(13)17-21-12-8-11(2)9-19-16(12)24(17)3/h6-10H,5H2,1-4H3. The number of rotatable bonds is 5. The van der Waals surface area contributed by atoms with Gasteiger partial charge in [0.15, 0.2) is 27.1 Å². The van der Waals surface area contributed by atoms with Crippen molar-refractivity contribution < 1.29 is 8.42 Å². The van der Waals surface area contributed by atoms with Gasteiger partial charge < -0.3 is 4.57 Å². The lowest BCUT2D eigenvalue weighted by molar-refractivity contribution is 0.597. The van der Waals surface area contributed by atoms with E-state index < -0.39 is 9.84 Å². The van der Waals surface area contributed by atoms with Gasteiger partial charge in [-0.25, -0.2) is 33.0 Å². The summed E-state index contributed by atoms with van der Waals surface area (Å²) in [5, 5.41) is 4.94. The smallest absolute Gasteiger partial charge is 0.208 e. The summed E-state index contributed by atoms with van der Waals surface area (Å²) >= 11 is 1.41. The Morgan fingerprint density at radius 3 is 2.66 bits per heavy atom. The maximum Gasteiger partial charge on any atom is 0.208 e.